The summed E-state index contributed by atoms with van der Waals surface area (Å²) in [7, 11) is 1.75. The molecule has 1 amide bonds. The SMILES string of the molecule is C[C@H](Oc1ccc(Cl)cc1)C(=O)N(C)Cc1cnn(-c2ccccc2)c1. The molecular formula is C20H20ClN3O2. The lowest BCUT2D eigenvalue weighted by molar-refractivity contribution is -0.137. The van der Waals surface area contributed by atoms with Crippen LogP contribution < -0.4 is 4.74 Å². The van der Waals surface area contributed by atoms with Crippen LogP contribution in [0, 0.1) is 0 Å². The quantitative estimate of drug-likeness (QED) is 0.661. The van der Waals surface area contributed by atoms with Crippen LogP contribution in [0.5, 0.6) is 5.75 Å². The normalized spacial score (nSPS) is 11.8. The van der Waals surface area contributed by atoms with Crippen LogP contribution in [0.15, 0.2) is 67.0 Å². The summed E-state index contributed by atoms with van der Waals surface area (Å²) in [5.74, 6) is 0.507. The predicted octanol–water partition coefficient (Wildman–Crippen LogP) is 3.95. The summed E-state index contributed by atoms with van der Waals surface area (Å²) in [5, 5.41) is 4.98. The van der Waals surface area contributed by atoms with E-state index in [1.54, 1.807) is 54.0 Å². The monoisotopic (exact) mass is 369 g/mol. The van der Waals surface area contributed by atoms with Crippen molar-refractivity contribution in [2.75, 3.05) is 7.05 Å². The van der Waals surface area contributed by atoms with E-state index in [2.05, 4.69) is 5.10 Å². The van der Waals surface area contributed by atoms with Gasteiger partial charge in [0.15, 0.2) is 6.10 Å². The molecule has 0 radical (unpaired) electrons. The van der Waals surface area contributed by atoms with Crippen molar-refractivity contribution in [3.63, 3.8) is 0 Å². The lowest BCUT2D eigenvalue weighted by Crippen LogP contribution is -2.37. The molecule has 0 aliphatic carbocycles. The van der Waals surface area contributed by atoms with Crippen molar-refractivity contribution in [3.05, 3.63) is 77.6 Å². The molecule has 5 nitrogen and oxygen atoms in total. The minimum atomic E-state index is -0.592. The number of para-hydroxylation sites is 1. The van der Waals surface area contributed by atoms with Gasteiger partial charge in [-0.2, -0.15) is 5.10 Å². The number of nitrogens with zero attached hydrogens (tertiary/aromatic N) is 3. The molecule has 1 aromatic heterocycles. The van der Waals surface area contributed by atoms with Gasteiger partial charge in [0.1, 0.15) is 5.75 Å². The zero-order valence-corrected chi connectivity index (χ0v) is 15.4. The highest BCUT2D eigenvalue weighted by Crippen LogP contribution is 2.17. The van der Waals surface area contributed by atoms with E-state index in [4.69, 9.17) is 16.3 Å². The molecule has 1 heterocycles. The number of rotatable bonds is 6. The van der Waals surface area contributed by atoms with Gasteiger partial charge in [-0.1, -0.05) is 29.8 Å². The smallest absolute Gasteiger partial charge is 0.263 e. The Balaban J connectivity index is 1.60. The van der Waals surface area contributed by atoms with Crippen LogP contribution in [0.25, 0.3) is 5.69 Å². The third-order valence-electron chi connectivity index (χ3n) is 3.93. The molecule has 0 unspecified atom stereocenters. The van der Waals surface area contributed by atoms with Gasteiger partial charge in [0.2, 0.25) is 0 Å². The first-order valence-electron chi connectivity index (χ1n) is 8.29. The number of carbonyl (C=O) groups is 1. The van der Waals surface area contributed by atoms with Crippen molar-refractivity contribution in [3.8, 4) is 11.4 Å². The van der Waals surface area contributed by atoms with Crippen LogP contribution in [-0.4, -0.2) is 33.7 Å². The van der Waals surface area contributed by atoms with Crippen molar-refractivity contribution in [2.45, 2.75) is 19.6 Å². The highest BCUT2D eigenvalue weighted by atomic mass is 35.5. The van der Waals surface area contributed by atoms with Crippen LogP contribution in [-0.2, 0) is 11.3 Å². The van der Waals surface area contributed by atoms with Gasteiger partial charge in [-0.05, 0) is 43.3 Å². The summed E-state index contributed by atoms with van der Waals surface area (Å²) in [6, 6.07) is 16.8. The van der Waals surface area contributed by atoms with E-state index in [0.717, 1.165) is 11.3 Å². The molecule has 134 valence electrons. The number of amides is 1. The maximum atomic E-state index is 12.5. The summed E-state index contributed by atoms with van der Waals surface area (Å²) in [6.45, 7) is 2.20. The maximum Gasteiger partial charge on any atom is 0.263 e. The Morgan fingerprint density at radius 1 is 1.19 bits per heavy atom. The number of halogens is 1. The molecule has 0 aliphatic heterocycles. The van der Waals surface area contributed by atoms with Gasteiger partial charge in [0.25, 0.3) is 5.91 Å². The van der Waals surface area contributed by atoms with E-state index in [0.29, 0.717) is 17.3 Å². The van der Waals surface area contributed by atoms with Gasteiger partial charge in [0.05, 0.1) is 11.9 Å². The van der Waals surface area contributed by atoms with Gasteiger partial charge in [-0.15, -0.1) is 0 Å². The number of hydrogen-bond donors (Lipinski definition) is 0. The van der Waals surface area contributed by atoms with Gasteiger partial charge in [-0.25, -0.2) is 4.68 Å². The first-order valence-corrected chi connectivity index (χ1v) is 8.67. The molecule has 3 rings (SSSR count). The average Bonchev–Trinajstić information content (AvgIpc) is 3.12. The topological polar surface area (TPSA) is 47.4 Å². The van der Waals surface area contributed by atoms with Crippen molar-refractivity contribution in [1.82, 2.24) is 14.7 Å². The second kappa shape index (κ2) is 8.06. The van der Waals surface area contributed by atoms with Crippen molar-refractivity contribution < 1.29 is 9.53 Å². The molecule has 0 spiro atoms. The number of aromatic nitrogens is 2. The standard InChI is InChI=1S/C20H20ClN3O2/c1-15(26-19-10-8-17(21)9-11-19)20(25)23(2)13-16-12-22-24(14-16)18-6-4-3-5-7-18/h3-12,14-15H,13H2,1-2H3/t15-/m0/s1. The molecule has 0 fully saturated rings. The lowest BCUT2D eigenvalue weighted by atomic mass is 10.3. The molecular weight excluding hydrogens is 350 g/mol. The summed E-state index contributed by atoms with van der Waals surface area (Å²) < 4.78 is 7.49. The van der Waals surface area contributed by atoms with Crippen molar-refractivity contribution >= 4 is 17.5 Å². The molecule has 2 aromatic carbocycles. The molecule has 0 saturated carbocycles. The molecule has 0 bridgehead atoms. The van der Waals surface area contributed by atoms with Gasteiger partial charge >= 0.3 is 0 Å². The van der Waals surface area contributed by atoms with Crippen molar-refractivity contribution in [2.24, 2.45) is 0 Å². The molecule has 1 atom stereocenters. The first kappa shape index (κ1) is 18.0. The average molecular weight is 370 g/mol. The highest BCUT2D eigenvalue weighted by molar-refractivity contribution is 6.30. The van der Waals surface area contributed by atoms with E-state index in [-0.39, 0.29) is 5.91 Å². The third kappa shape index (κ3) is 4.43. The number of ether oxygens (including phenoxy) is 1. The summed E-state index contributed by atoms with van der Waals surface area (Å²) in [6.07, 6.45) is 3.09. The number of likely N-dealkylation sites (N-methyl/N-ethyl adjacent to an activating group) is 1. The fourth-order valence-corrected chi connectivity index (χ4v) is 2.72. The van der Waals surface area contributed by atoms with E-state index in [1.807, 2.05) is 36.5 Å². The lowest BCUT2D eigenvalue weighted by Gasteiger charge is -2.21. The Hall–Kier alpha value is -2.79. The Kier molecular flexibility index (Phi) is 5.58. The van der Waals surface area contributed by atoms with E-state index >= 15 is 0 Å². The van der Waals surface area contributed by atoms with Gasteiger partial charge in [0, 0.05) is 30.4 Å². The molecule has 0 saturated heterocycles. The number of carbonyl (C=O) groups excluding carboxylic acids is 1. The largest absolute Gasteiger partial charge is 0.481 e. The minimum absolute atomic E-state index is 0.104. The van der Waals surface area contributed by atoms with Crippen LogP contribution in [0.1, 0.15) is 12.5 Å². The molecule has 26 heavy (non-hydrogen) atoms. The molecule has 3 aromatic rings. The molecule has 0 N–H and O–H groups in total. The van der Waals surface area contributed by atoms with Crippen LogP contribution >= 0.6 is 11.6 Å². The van der Waals surface area contributed by atoms with E-state index in [9.17, 15) is 4.79 Å². The Morgan fingerprint density at radius 3 is 2.58 bits per heavy atom. The summed E-state index contributed by atoms with van der Waals surface area (Å²) in [5.41, 5.74) is 1.93. The molecule has 0 aliphatic rings. The van der Waals surface area contributed by atoms with Crippen LogP contribution in [0.3, 0.4) is 0 Å². The van der Waals surface area contributed by atoms with Gasteiger partial charge in [-0.3, -0.25) is 4.79 Å². The highest BCUT2D eigenvalue weighted by Gasteiger charge is 2.20. The van der Waals surface area contributed by atoms with Crippen LogP contribution in [0.4, 0.5) is 0 Å². The summed E-state index contributed by atoms with van der Waals surface area (Å²) in [4.78, 5) is 14.2. The zero-order chi connectivity index (χ0) is 18.5. The van der Waals surface area contributed by atoms with E-state index in [1.165, 1.54) is 0 Å². The number of benzene rings is 2. The minimum Gasteiger partial charge on any atom is -0.481 e. The number of hydrogen-bond acceptors (Lipinski definition) is 3. The first-order chi connectivity index (χ1) is 12.5. The fraction of sp³-hybridized carbons (Fsp3) is 0.200. The molecule has 6 heteroatoms. The third-order valence-corrected chi connectivity index (χ3v) is 4.18. The predicted molar refractivity (Wildman–Crippen MR) is 102 cm³/mol. The Bertz CT molecular complexity index is 862. The second-order valence-electron chi connectivity index (χ2n) is 6.04. The Labute approximate surface area is 157 Å². The zero-order valence-electron chi connectivity index (χ0n) is 14.7. The fourth-order valence-electron chi connectivity index (χ4n) is 2.59. The van der Waals surface area contributed by atoms with E-state index < -0.39 is 6.10 Å². The maximum absolute atomic E-state index is 12.5. The second-order valence-corrected chi connectivity index (χ2v) is 6.47. The van der Waals surface area contributed by atoms with Crippen molar-refractivity contribution in [1.29, 1.82) is 0 Å². The van der Waals surface area contributed by atoms with Gasteiger partial charge < -0.3 is 9.64 Å². The Morgan fingerprint density at radius 2 is 1.88 bits per heavy atom. The summed E-state index contributed by atoms with van der Waals surface area (Å²) >= 11 is 5.86. The van der Waals surface area contributed by atoms with Crippen LogP contribution in [0.2, 0.25) is 5.02 Å².